The molecule has 1 aliphatic carbocycles. The van der Waals surface area contributed by atoms with Crippen LogP contribution in [0.25, 0.3) is 0 Å². The van der Waals surface area contributed by atoms with Crippen LogP contribution in [0.15, 0.2) is 48.6 Å². The Bertz CT molecular complexity index is 963. The first-order chi connectivity index (χ1) is 13.0. The number of nitrogens with one attached hydrogen (secondary N) is 1. The van der Waals surface area contributed by atoms with Gasteiger partial charge in [0.15, 0.2) is 0 Å². The lowest BCUT2D eigenvalue weighted by Crippen LogP contribution is -2.32. The second-order valence-corrected chi connectivity index (χ2v) is 7.08. The van der Waals surface area contributed by atoms with Gasteiger partial charge in [-0.1, -0.05) is 36.4 Å². The van der Waals surface area contributed by atoms with Crippen LogP contribution in [0.1, 0.15) is 55.8 Å². The number of ether oxygens (including phenoxy) is 1. The molecule has 3 atom stereocenters. The number of benzene rings is 2. The zero-order valence-corrected chi connectivity index (χ0v) is 15.2. The van der Waals surface area contributed by atoms with Gasteiger partial charge in [0, 0.05) is 11.6 Å². The molecule has 2 aliphatic rings. The molecule has 0 bridgehead atoms. The topological polar surface area (TPSA) is 75.6 Å². The number of aryl methyl sites for hydroxylation is 1. The maximum absolute atomic E-state index is 12.3. The third kappa shape index (κ3) is 2.70. The van der Waals surface area contributed by atoms with Crippen LogP contribution in [0.2, 0.25) is 0 Å². The lowest BCUT2D eigenvalue weighted by molar-refractivity contribution is 0.0598. The van der Waals surface area contributed by atoms with E-state index in [1.807, 2.05) is 31.2 Å². The molecule has 27 heavy (non-hydrogen) atoms. The van der Waals surface area contributed by atoms with Gasteiger partial charge in [-0.3, -0.25) is 0 Å². The minimum atomic E-state index is -0.930. The SMILES string of the molecule is COC(=O)c1ccc(C)c2c1[C@@H]1C=CC[C@@H]1[C@@H](c1ccccc1C(=O)O)N2. The largest absolute Gasteiger partial charge is 0.478 e. The predicted octanol–water partition coefficient (Wildman–Crippen LogP) is 4.31. The smallest absolute Gasteiger partial charge is 0.338 e. The van der Waals surface area contributed by atoms with E-state index in [2.05, 4.69) is 17.5 Å². The molecule has 1 aliphatic heterocycles. The normalized spacial score (nSPS) is 22.5. The number of aromatic carboxylic acids is 1. The van der Waals surface area contributed by atoms with Crippen molar-refractivity contribution in [2.75, 3.05) is 12.4 Å². The lowest BCUT2D eigenvalue weighted by Gasteiger charge is -2.39. The van der Waals surface area contributed by atoms with Gasteiger partial charge in [0.25, 0.3) is 0 Å². The van der Waals surface area contributed by atoms with Gasteiger partial charge in [-0.2, -0.15) is 0 Å². The van der Waals surface area contributed by atoms with Crippen molar-refractivity contribution >= 4 is 17.6 Å². The molecule has 2 N–H and O–H groups in total. The molecule has 138 valence electrons. The molecular formula is C22H21NO4. The molecular weight excluding hydrogens is 342 g/mol. The van der Waals surface area contributed by atoms with Crippen molar-refractivity contribution in [1.82, 2.24) is 0 Å². The Balaban J connectivity index is 1.89. The van der Waals surface area contributed by atoms with Crippen LogP contribution in [0.5, 0.6) is 0 Å². The Morgan fingerprint density at radius 2 is 1.93 bits per heavy atom. The Labute approximate surface area is 157 Å². The molecule has 0 spiro atoms. The van der Waals surface area contributed by atoms with E-state index >= 15 is 0 Å². The van der Waals surface area contributed by atoms with Gasteiger partial charge in [-0.05, 0) is 48.1 Å². The van der Waals surface area contributed by atoms with Gasteiger partial charge in [-0.15, -0.1) is 0 Å². The fourth-order valence-corrected chi connectivity index (χ4v) is 4.41. The summed E-state index contributed by atoms with van der Waals surface area (Å²) >= 11 is 0. The van der Waals surface area contributed by atoms with E-state index in [0.717, 1.165) is 28.8 Å². The van der Waals surface area contributed by atoms with Gasteiger partial charge in [0.05, 0.1) is 24.3 Å². The molecule has 1 heterocycles. The molecule has 0 fully saturated rings. The van der Waals surface area contributed by atoms with Crippen LogP contribution in [0.3, 0.4) is 0 Å². The highest BCUT2D eigenvalue weighted by atomic mass is 16.5. The summed E-state index contributed by atoms with van der Waals surface area (Å²) in [4.78, 5) is 24.1. The monoisotopic (exact) mass is 363 g/mol. The van der Waals surface area contributed by atoms with Crippen molar-refractivity contribution in [3.05, 3.63) is 76.4 Å². The molecule has 0 radical (unpaired) electrons. The van der Waals surface area contributed by atoms with Crippen LogP contribution in [0.4, 0.5) is 5.69 Å². The molecule has 0 saturated heterocycles. The number of hydrogen-bond donors (Lipinski definition) is 2. The Hall–Kier alpha value is -3.08. The van der Waals surface area contributed by atoms with Crippen LogP contribution in [-0.4, -0.2) is 24.2 Å². The number of esters is 1. The Morgan fingerprint density at radius 1 is 1.15 bits per heavy atom. The molecule has 0 unspecified atom stereocenters. The highest BCUT2D eigenvalue weighted by Crippen LogP contribution is 2.52. The maximum atomic E-state index is 12.3. The second-order valence-electron chi connectivity index (χ2n) is 7.08. The summed E-state index contributed by atoms with van der Waals surface area (Å²) < 4.78 is 4.98. The number of carbonyl (C=O) groups is 2. The van der Waals surface area contributed by atoms with Gasteiger partial charge >= 0.3 is 11.9 Å². The van der Waals surface area contributed by atoms with E-state index < -0.39 is 5.97 Å². The third-order valence-electron chi connectivity index (χ3n) is 5.66. The standard InChI is InChI=1S/C22H21NO4/c1-12-10-11-17(22(26)27-2)18-13-8-5-9-14(13)20(23-19(12)18)15-6-3-4-7-16(15)21(24)25/h3-8,10-11,13-14,20,23H,9H2,1-2H3,(H,24,25)/t13-,14+,20+/m1/s1. The Morgan fingerprint density at radius 3 is 2.67 bits per heavy atom. The first-order valence-corrected chi connectivity index (χ1v) is 9.00. The van der Waals surface area contributed by atoms with E-state index in [9.17, 15) is 14.7 Å². The lowest BCUT2D eigenvalue weighted by atomic mass is 9.74. The summed E-state index contributed by atoms with van der Waals surface area (Å²) in [5.74, 6) is -1.09. The molecule has 5 heteroatoms. The summed E-state index contributed by atoms with van der Waals surface area (Å²) in [5, 5.41) is 13.2. The number of carbonyl (C=O) groups excluding carboxylic acids is 1. The van der Waals surface area contributed by atoms with Crippen LogP contribution in [0, 0.1) is 12.8 Å². The molecule has 5 nitrogen and oxygen atoms in total. The van der Waals surface area contributed by atoms with E-state index in [4.69, 9.17) is 4.74 Å². The third-order valence-corrected chi connectivity index (χ3v) is 5.66. The summed E-state index contributed by atoms with van der Waals surface area (Å²) in [6.45, 7) is 1.99. The second kappa shape index (κ2) is 6.58. The molecule has 4 rings (SSSR count). The first-order valence-electron chi connectivity index (χ1n) is 9.00. The van der Waals surface area contributed by atoms with Crippen LogP contribution >= 0.6 is 0 Å². The van der Waals surface area contributed by atoms with Gasteiger partial charge < -0.3 is 15.2 Å². The van der Waals surface area contributed by atoms with Crippen molar-refractivity contribution in [2.24, 2.45) is 5.92 Å². The molecule has 0 aromatic heterocycles. The number of rotatable bonds is 3. The number of methoxy groups -OCH3 is 1. The average molecular weight is 363 g/mol. The van der Waals surface area contributed by atoms with Gasteiger partial charge in [-0.25, -0.2) is 9.59 Å². The van der Waals surface area contributed by atoms with Crippen molar-refractivity contribution < 1.29 is 19.4 Å². The van der Waals surface area contributed by atoms with Gasteiger partial charge in [0.2, 0.25) is 0 Å². The van der Waals surface area contributed by atoms with Crippen molar-refractivity contribution in [3.8, 4) is 0 Å². The molecule has 0 saturated carbocycles. The number of fused-ring (bicyclic) bond motifs is 3. The Kier molecular flexibility index (Phi) is 4.22. The molecule has 2 aromatic carbocycles. The number of allylic oxidation sites excluding steroid dienone is 2. The first kappa shape index (κ1) is 17.3. The predicted molar refractivity (Wildman–Crippen MR) is 102 cm³/mol. The van der Waals surface area contributed by atoms with Crippen molar-refractivity contribution in [2.45, 2.75) is 25.3 Å². The average Bonchev–Trinajstić information content (AvgIpc) is 3.17. The van der Waals surface area contributed by atoms with E-state index in [1.54, 1.807) is 12.1 Å². The van der Waals surface area contributed by atoms with Crippen LogP contribution in [-0.2, 0) is 4.74 Å². The van der Waals surface area contributed by atoms with E-state index in [-0.39, 0.29) is 23.8 Å². The fraction of sp³-hybridized carbons (Fsp3) is 0.273. The summed E-state index contributed by atoms with van der Waals surface area (Å²) in [5.41, 5.74) is 4.52. The molecule has 2 aromatic rings. The summed E-state index contributed by atoms with van der Waals surface area (Å²) in [6, 6.07) is 10.7. The fourth-order valence-electron chi connectivity index (χ4n) is 4.41. The van der Waals surface area contributed by atoms with Gasteiger partial charge in [0.1, 0.15) is 0 Å². The summed E-state index contributed by atoms with van der Waals surface area (Å²) in [7, 11) is 1.39. The maximum Gasteiger partial charge on any atom is 0.338 e. The number of anilines is 1. The zero-order chi connectivity index (χ0) is 19.1. The van der Waals surface area contributed by atoms with E-state index in [0.29, 0.717) is 11.1 Å². The van der Waals surface area contributed by atoms with Crippen molar-refractivity contribution in [3.63, 3.8) is 0 Å². The number of carboxylic acids is 1. The summed E-state index contributed by atoms with van der Waals surface area (Å²) in [6.07, 6.45) is 5.07. The van der Waals surface area contributed by atoms with E-state index in [1.165, 1.54) is 7.11 Å². The highest BCUT2D eigenvalue weighted by molar-refractivity contribution is 5.94. The minimum absolute atomic E-state index is 0.0436. The highest BCUT2D eigenvalue weighted by Gasteiger charge is 2.41. The number of hydrogen-bond acceptors (Lipinski definition) is 4. The zero-order valence-electron chi connectivity index (χ0n) is 15.2. The molecule has 0 amide bonds. The quantitative estimate of drug-likeness (QED) is 0.628. The minimum Gasteiger partial charge on any atom is -0.478 e. The number of carboxylic acid groups (broad SMARTS) is 1. The van der Waals surface area contributed by atoms with Crippen LogP contribution < -0.4 is 5.32 Å². The van der Waals surface area contributed by atoms with Crippen molar-refractivity contribution in [1.29, 1.82) is 0 Å².